The molecule has 1 aromatic rings. The van der Waals surface area contributed by atoms with Crippen molar-refractivity contribution in [2.45, 2.75) is 31.2 Å². The maximum atomic E-state index is 12.5. The first-order chi connectivity index (χ1) is 9.61. The van der Waals surface area contributed by atoms with E-state index in [1.165, 1.54) is 18.2 Å². The topological polar surface area (TPSA) is 75.4 Å². The number of nitrogens with one attached hydrogen (secondary N) is 1. The number of anilines is 1. The molecule has 1 atom stereocenters. The number of likely N-dealkylation sites (N-methyl/N-ethyl adjacent to an activating group) is 1. The Kier molecular flexibility index (Phi) is 6.46. The fourth-order valence-corrected chi connectivity index (χ4v) is 3.98. The van der Waals surface area contributed by atoms with Crippen molar-refractivity contribution in [2.75, 3.05) is 26.4 Å². The quantitative estimate of drug-likeness (QED) is 0.750. The predicted molar refractivity (Wildman–Crippen MR) is 88.0 cm³/mol. The molecule has 120 valence electrons. The third kappa shape index (κ3) is 5.82. The molecule has 0 aliphatic heterocycles. The van der Waals surface area contributed by atoms with Gasteiger partial charge in [0.1, 0.15) is 4.90 Å². The number of sulfonamides is 1. The van der Waals surface area contributed by atoms with E-state index in [4.69, 9.17) is 17.3 Å². The Morgan fingerprint density at radius 3 is 2.43 bits per heavy atom. The number of hydrogen-bond acceptors (Lipinski definition) is 4. The second-order valence-electron chi connectivity index (χ2n) is 5.90. The molecule has 0 radical (unpaired) electrons. The third-order valence-electron chi connectivity index (χ3n) is 2.91. The number of halogens is 1. The molecule has 21 heavy (non-hydrogen) atoms. The summed E-state index contributed by atoms with van der Waals surface area (Å²) >= 11 is 6.00. The van der Waals surface area contributed by atoms with E-state index >= 15 is 0 Å². The summed E-state index contributed by atoms with van der Waals surface area (Å²) in [6.07, 6.45) is 0.754. The summed E-state index contributed by atoms with van der Waals surface area (Å²) < 4.78 is 27.7. The zero-order valence-corrected chi connectivity index (χ0v) is 14.5. The highest BCUT2D eigenvalue weighted by Gasteiger charge is 2.23. The lowest BCUT2D eigenvalue weighted by molar-refractivity contribution is 0.329. The Labute approximate surface area is 132 Å². The molecule has 5 nitrogen and oxygen atoms in total. The van der Waals surface area contributed by atoms with Crippen LogP contribution in [0.3, 0.4) is 0 Å². The van der Waals surface area contributed by atoms with Crippen LogP contribution in [-0.4, -0.2) is 40.0 Å². The first kappa shape index (κ1) is 18.2. The predicted octanol–water partition coefficient (Wildman–Crippen LogP) is 2.18. The standard InChI is InChI=1S/C14H24ClN3O2S/c1-10(2)7-12(9-18(3)4)17-21(19,20)14-6-5-11(16)8-13(14)15/h5-6,8,10,12,17H,7,9,16H2,1-4H3. The van der Waals surface area contributed by atoms with E-state index < -0.39 is 10.0 Å². The largest absolute Gasteiger partial charge is 0.399 e. The Hall–Kier alpha value is -0.820. The normalized spacial score (nSPS) is 13.9. The van der Waals surface area contributed by atoms with Crippen LogP contribution in [-0.2, 0) is 10.0 Å². The monoisotopic (exact) mass is 333 g/mol. The molecule has 0 aromatic heterocycles. The fraction of sp³-hybridized carbons (Fsp3) is 0.571. The van der Waals surface area contributed by atoms with Crippen LogP contribution >= 0.6 is 11.6 Å². The molecule has 0 heterocycles. The van der Waals surface area contributed by atoms with Gasteiger partial charge in [-0.3, -0.25) is 0 Å². The summed E-state index contributed by atoms with van der Waals surface area (Å²) in [6, 6.07) is 4.24. The Balaban J connectivity index is 2.99. The maximum absolute atomic E-state index is 12.5. The lowest BCUT2D eigenvalue weighted by atomic mass is 10.0. The molecule has 3 N–H and O–H groups in total. The van der Waals surface area contributed by atoms with Gasteiger partial charge in [0, 0.05) is 18.3 Å². The molecular weight excluding hydrogens is 310 g/mol. The molecular formula is C14H24ClN3O2S. The fourth-order valence-electron chi connectivity index (χ4n) is 2.19. The van der Waals surface area contributed by atoms with Crippen LogP contribution in [0.1, 0.15) is 20.3 Å². The lowest BCUT2D eigenvalue weighted by Crippen LogP contribution is -2.42. The average molecular weight is 334 g/mol. The molecule has 0 aliphatic carbocycles. The number of rotatable bonds is 7. The van der Waals surface area contributed by atoms with Gasteiger partial charge in [-0.05, 0) is 44.6 Å². The van der Waals surface area contributed by atoms with Gasteiger partial charge in [-0.1, -0.05) is 25.4 Å². The van der Waals surface area contributed by atoms with Crippen LogP contribution in [0.5, 0.6) is 0 Å². The molecule has 0 spiro atoms. The van der Waals surface area contributed by atoms with Crippen molar-refractivity contribution in [3.8, 4) is 0 Å². The molecule has 0 saturated carbocycles. The van der Waals surface area contributed by atoms with Crippen LogP contribution in [0.25, 0.3) is 0 Å². The first-order valence-electron chi connectivity index (χ1n) is 6.84. The lowest BCUT2D eigenvalue weighted by Gasteiger charge is -2.24. The minimum Gasteiger partial charge on any atom is -0.399 e. The average Bonchev–Trinajstić information content (AvgIpc) is 2.24. The highest BCUT2D eigenvalue weighted by atomic mass is 35.5. The van der Waals surface area contributed by atoms with E-state index in [0.717, 1.165) is 6.42 Å². The minimum absolute atomic E-state index is 0.0610. The third-order valence-corrected chi connectivity index (χ3v) is 4.91. The van der Waals surface area contributed by atoms with E-state index in [0.29, 0.717) is 18.2 Å². The molecule has 0 amide bonds. The number of nitrogens with zero attached hydrogens (tertiary/aromatic N) is 1. The Morgan fingerprint density at radius 1 is 1.33 bits per heavy atom. The first-order valence-corrected chi connectivity index (χ1v) is 8.70. The summed E-state index contributed by atoms with van der Waals surface area (Å²) in [4.78, 5) is 2.02. The number of hydrogen-bond donors (Lipinski definition) is 2. The molecule has 1 rings (SSSR count). The van der Waals surface area contributed by atoms with Gasteiger partial charge in [-0.2, -0.15) is 0 Å². The van der Waals surface area contributed by atoms with E-state index in [1.807, 2.05) is 19.0 Å². The van der Waals surface area contributed by atoms with Crippen LogP contribution < -0.4 is 10.5 Å². The number of nitrogen functional groups attached to an aromatic ring is 1. The second kappa shape index (κ2) is 7.45. The maximum Gasteiger partial charge on any atom is 0.242 e. The summed E-state index contributed by atoms with van der Waals surface area (Å²) in [5.74, 6) is 0.388. The van der Waals surface area contributed by atoms with Gasteiger partial charge >= 0.3 is 0 Å². The Morgan fingerprint density at radius 2 is 1.95 bits per heavy atom. The Bertz CT molecular complexity index is 564. The SMILES string of the molecule is CC(C)CC(CN(C)C)NS(=O)(=O)c1ccc(N)cc1Cl. The zero-order valence-electron chi connectivity index (χ0n) is 12.9. The number of nitrogens with two attached hydrogens (primary N) is 1. The van der Waals surface area contributed by atoms with Crippen LogP contribution in [0.4, 0.5) is 5.69 Å². The second-order valence-corrected chi connectivity index (χ2v) is 7.99. The summed E-state index contributed by atoms with van der Waals surface area (Å²) in [5.41, 5.74) is 6.03. The van der Waals surface area contributed by atoms with Crippen molar-refractivity contribution in [1.82, 2.24) is 9.62 Å². The molecule has 1 aromatic carbocycles. The molecule has 0 fully saturated rings. The minimum atomic E-state index is -3.66. The van der Waals surface area contributed by atoms with Crippen molar-refractivity contribution >= 4 is 27.3 Å². The van der Waals surface area contributed by atoms with Crippen molar-refractivity contribution in [2.24, 2.45) is 5.92 Å². The number of benzene rings is 1. The van der Waals surface area contributed by atoms with Gasteiger partial charge in [0.25, 0.3) is 0 Å². The summed E-state index contributed by atoms with van der Waals surface area (Å²) in [6.45, 7) is 4.75. The van der Waals surface area contributed by atoms with E-state index in [-0.39, 0.29) is 16.0 Å². The van der Waals surface area contributed by atoms with Gasteiger partial charge in [0.15, 0.2) is 0 Å². The van der Waals surface area contributed by atoms with E-state index in [1.54, 1.807) is 0 Å². The van der Waals surface area contributed by atoms with Crippen molar-refractivity contribution in [3.63, 3.8) is 0 Å². The summed E-state index contributed by atoms with van der Waals surface area (Å²) in [7, 11) is 0.167. The van der Waals surface area contributed by atoms with Crippen LogP contribution in [0.2, 0.25) is 5.02 Å². The van der Waals surface area contributed by atoms with Crippen LogP contribution in [0.15, 0.2) is 23.1 Å². The molecule has 7 heteroatoms. The van der Waals surface area contributed by atoms with E-state index in [2.05, 4.69) is 18.6 Å². The zero-order chi connectivity index (χ0) is 16.2. The van der Waals surface area contributed by atoms with Crippen molar-refractivity contribution in [3.05, 3.63) is 23.2 Å². The molecule has 0 saturated heterocycles. The van der Waals surface area contributed by atoms with Crippen LogP contribution in [0, 0.1) is 5.92 Å². The van der Waals surface area contributed by atoms with Gasteiger partial charge in [0.2, 0.25) is 10.0 Å². The summed E-state index contributed by atoms with van der Waals surface area (Å²) in [5, 5.41) is 0.135. The smallest absolute Gasteiger partial charge is 0.242 e. The van der Waals surface area contributed by atoms with Crippen molar-refractivity contribution < 1.29 is 8.42 Å². The van der Waals surface area contributed by atoms with Gasteiger partial charge < -0.3 is 10.6 Å². The molecule has 0 aliphatic rings. The highest BCUT2D eigenvalue weighted by Crippen LogP contribution is 2.24. The van der Waals surface area contributed by atoms with Crippen molar-refractivity contribution in [1.29, 1.82) is 0 Å². The molecule has 1 unspecified atom stereocenters. The highest BCUT2D eigenvalue weighted by molar-refractivity contribution is 7.89. The van der Waals surface area contributed by atoms with Gasteiger partial charge in [-0.25, -0.2) is 13.1 Å². The molecule has 0 bridgehead atoms. The van der Waals surface area contributed by atoms with Gasteiger partial charge in [0.05, 0.1) is 5.02 Å². The van der Waals surface area contributed by atoms with E-state index in [9.17, 15) is 8.42 Å². The van der Waals surface area contributed by atoms with Gasteiger partial charge in [-0.15, -0.1) is 0 Å².